The van der Waals surface area contributed by atoms with Crippen molar-refractivity contribution in [2.75, 3.05) is 13.2 Å². The number of aldehydes is 1. The van der Waals surface area contributed by atoms with Gasteiger partial charge in [-0.05, 0) is 19.8 Å². The minimum absolute atomic E-state index is 0.157. The maximum absolute atomic E-state index is 10.6. The molecule has 76 valence electrons. The summed E-state index contributed by atoms with van der Waals surface area (Å²) >= 11 is 0. The summed E-state index contributed by atoms with van der Waals surface area (Å²) in [5.41, 5.74) is 0. The number of rotatable bonds is 5. The Morgan fingerprint density at radius 3 is 2.54 bits per heavy atom. The summed E-state index contributed by atoms with van der Waals surface area (Å²) in [5, 5.41) is 0. The minimum Gasteiger partial charge on any atom is -0.348 e. The Morgan fingerprint density at radius 2 is 2.08 bits per heavy atom. The van der Waals surface area contributed by atoms with Crippen LogP contribution in [0.2, 0.25) is 0 Å². The van der Waals surface area contributed by atoms with Gasteiger partial charge in [0.15, 0.2) is 5.79 Å². The molecule has 1 rings (SSSR count). The number of carbonyl (C=O) groups is 1. The molecule has 3 nitrogen and oxygen atoms in total. The molecule has 0 spiro atoms. The van der Waals surface area contributed by atoms with Gasteiger partial charge in [0, 0.05) is 12.3 Å². The summed E-state index contributed by atoms with van der Waals surface area (Å²) in [4.78, 5) is 10.6. The van der Waals surface area contributed by atoms with Crippen LogP contribution in [0, 0.1) is 5.92 Å². The lowest BCUT2D eigenvalue weighted by molar-refractivity contribution is -0.149. The van der Waals surface area contributed by atoms with Crippen LogP contribution in [-0.4, -0.2) is 25.3 Å². The maximum atomic E-state index is 10.6. The van der Waals surface area contributed by atoms with E-state index in [2.05, 4.69) is 0 Å². The summed E-state index contributed by atoms with van der Waals surface area (Å²) in [7, 11) is 0. The summed E-state index contributed by atoms with van der Waals surface area (Å²) in [5.74, 6) is -0.277. The summed E-state index contributed by atoms with van der Waals surface area (Å²) in [6.45, 7) is 5.32. The van der Waals surface area contributed by atoms with Gasteiger partial charge in [-0.25, -0.2) is 0 Å². The van der Waals surface area contributed by atoms with Crippen LogP contribution in [0.4, 0.5) is 0 Å². The van der Waals surface area contributed by atoms with Crippen LogP contribution in [0.1, 0.15) is 33.1 Å². The van der Waals surface area contributed by atoms with Crippen LogP contribution in [0.25, 0.3) is 0 Å². The zero-order valence-electron chi connectivity index (χ0n) is 8.41. The van der Waals surface area contributed by atoms with Crippen LogP contribution < -0.4 is 0 Å². The molecule has 0 radical (unpaired) electrons. The predicted octanol–water partition coefficient (Wildman–Crippen LogP) is 1.75. The highest BCUT2D eigenvalue weighted by Gasteiger charge is 2.30. The van der Waals surface area contributed by atoms with E-state index in [0.717, 1.165) is 25.5 Å². The zero-order valence-corrected chi connectivity index (χ0v) is 8.41. The zero-order chi connectivity index (χ0) is 9.73. The average molecular weight is 186 g/mol. The van der Waals surface area contributed by atoms with Crippen molar-refractivity contribution in [1.29, 1.82) is 0 Å². The topological polar surface area (TPSA) is 35.5 Å². The van der Waals surface area contributed by atoms with Gasteiger partial charge in [0.05, 0.1) is 13.2 Å². The van der Waals surface area contributed by atoms with Gasteiger partial charge in [0.2, 0.25) is 0 Å². The quantitative estimate of drug-likeness (QED) is 0.614. The predicted molar refractivity (Wildman–Crippen MR) is 49.4 cm³/mol. The SMILES string of the molecule is CCC(C=O)CCC1(C)OCCO1. The molecule has 1 atom stereocenters. The van der Waals surface area contributed by atoms with Gasteiger partial charge in [-0.1, -0.05) is 6.92 Å². The molecule has 0 amide bonds. The third-order valence-corrected chi connectivity index (χ3v) is 2.58. The molecule has 1 aliphatic heterocycles. The van der Waals surface area contributed by atoms with Crippen molar-refractivity contribution >= 4 is 6.29 Å². The first-order valence-electron chi connectivity index (χ1n) is 4.93. The molecule has 1 aliphatic rings. The first-order valence-corrected chi connectivity index (χ1v) is 4.93. The standard InChI is InChI=1S/C10H18O3/c1-3-9(8-11)4-5-10(2)12-6-7-13-10/h8-9H,3-7H2,1-2H3. The molecular formula is C10H18O3. The number of ether oxygens (including phenoxy) is 2. The summed E-state index contributed by atoms with van der Waals surface area (Å²) < 4.78 is 10.9. The van der Waals surface area contributed by atoms with E-state index in [0.29, 0.717) is 13.2 Å². The highest BCUT2D eigenvalue weighted by atomic mass is 16.7. The van der Waals surface area contributed by atoms with E-state index < -0.39 is 5.79 Å². The molecule has 0 aromatic carbocycles. The molecule has 0 N–H and O–H groups in total. The largest absolute Gasteiger partial charge is 0.348 e. The molecule has 0 aliphatic carbocycles. The van der Waals surface area contributed by atoms with Crippen LogP contribution in [0.3, 0.4) is 0 Å². The van der Waals surface area contributed by atoms with E-state index in [1.54, 1.807) is 0 Å². The molecule has 1 fully saturated rings. The van der Waals surface area contributed by atoms with Gasteiger partial charge in [-0.15, -0.1) is 0 Å². The Bertz CT molecular complexity index is 162. The highest BCUT2D eigenvalue weighted by Crippen LogP contribution is 2.26. The number of hydrogen-bond acceptors (Lipinski definition) is 3. The smallest absolute Gasteiger partial charge is 0.165 e. The van der Waals surface area contributed by atoms with E-state index in [9.17, 15) is 4.79 Å². The molecule has 0 aromatic rings. The van der Waals surface area contributed by atoms with Crippen molar-refractivity contribution in [2.45, 2.75) is 38.9 Å². The van der Waals surface area contributed by atoms with E-state index in [4.69, 9.17) is 9.47 Å². The van der Waals surface area contributed by atoms with E-state index in [1.165, 1.54) is 0 Å². The van der Waals surface area contributed by atoms with E-state index in [1.807, 2.05) is 13.8 Å². The fourth-order valence-electron chi connectivity index (χ4n) is 1.52. The van der Waals surface area contributed by atoms with E-state index in [-0.39, 0.29) is 5.92 Å². The Labute approximate surface area is 79.4 Å². The molecule has 1 unspecified atom stereocenters. The Balaban J connectivity index is 2.27. The van der Waals surface area contributed by atoms with Crippen molar-refractivity contribution in [3.8, 4) is 0 Å². The van der Waals surface area contributed by atoms with Gasteiger partial charge in [-0.2, -0.15) is 0 Å². The first-order chi connectivity index (χ1) is 6.20. The van der Waals surface area contributed by atoms with Crippen LogP contribution in [0.5, 0.6) is 0 Å². The Kier molecular flexibility index (Phi) is 3.88. The number of hydrogen-bond donors (Lipinski definition) is 0. The lowest BCUT2D eigenvalue weighted by Crippen LogP contribution is -2.26. The summed E-state index contributed by atoms with van der Waals surface area (Å²) in [6, 6.07) is 0. The molecule has 1 heterocycles. The second-order valence-electron chi connectivity index (χ2n) is 3.67. The van der Waals surface area contributed by atoms with Crippen molar-refractivity contribution in [3.05, 3.63) is 0 Å². The van der Waals surface area contributed by atoms with Crippen LogP contribution >= 0.6 is 0 Å². The second-order valence-corrected chi connectivity index (χ2v) is 3.67. The van der Waals surface area contributed by atoms with Crippen molar-refractivity contribution in [1.82, 2.24) is 0 Å². The van der Waals surface area contributed by atoms with Crippen molar-refractivity contribution < 1.29 is 14.3 Å². The first kappa shape index (κ1) is 10.7. The van der Waals surface area contributed by atoms with Crippen LogP contribution in [0.15, 0.2) is 0 Å². The highest BCUT2D eigenvalue weighted by molar-refractivity contribution is 5.53. The lowest BCUT2D eigenvalue weighted by atomic mass is 9.99. The fraction of sp³-hybridized carbons (Fsp3) is 0.900. The van der Waals surface area contributed by atoms with E-state index >= 15 is 0 Å². The average Bonchev–Trinajstić information content (AvgIpc) is 2.55. The van der Waals surface area contributed by atoms with Crippen molar-refractivity contribution in [2.24, 2.45) is 5.92 Å². The second kappa shape index (κ2) is 4.72. The molecule has 0 aromatic heterocycles. The Morgan fingerprint density at radius 1 is 1.46 bits per heavy atom. The van der Waals surface area contributed by atoms with Gasteiger partial charge in [0.25, 0.3) is 0 Å². The molecule has 1 saturated heterocycles. The minimum atomic E-state index is -0.434. The van der Waals surface area contributed by atoms with Gasteiger partial charge >= 0.3 is 0 Å². The molecule has 0 saturated carbocycles. The molecule has 0 bridgehead atoms. The monoisotopic (exact) mass is 186 g/mol. The van der Waals surface area contributed by atoms with Gasteiger partial charge in [0.1, 0.15) is 6.29 Å². The Hall–Kier alpha value is -0.410. The molecular weight excluding hydrogens is 168 g/mol. The third kappa shape index (κ3) is 3.08. The fourth-order valence-corrected chi connectivity index (χ4v) is 1.52. The normalized spacial score (nSPS) is 22.9. The third-order valence-electron chi connectivity index (χ3n) is 2.58. The van der Waals surface area contributed by atoms with Gasteiger partial charge in [-0.3, -0.25) is 0 Å². The number of carbonyl (C=O) groups excluding carboxylic acids is 1. The van der Waals surface area contributed by atoms with Crippen molar-refractivity contribution in [3.63, 3.8) is 0 Å². The summed E-state index contributed by atoms with van der Waals surface area (Å²) in [6.07, 6.45) is 3.60. The molecule has 13 heavy (non-hydrogen) atoms. The molecule has 3 heteroatoms. The lowest BCUT2D eigenvalue weighted by Gasteiger charge is -2.23. The maximum Gasteiger partial charge on any atom is 0.165 e. The van der Waals surface area contributed by atoms with Gasteiger partial charge < -0.3 is 14.3 Å². The van der Waals surface area contributed by atoms with Crippen LogP contribution in [-0.2, 0) is 14.3 Å².